The highest BCUT2D eigenvalue weighted by atomic mass is 16.3. The van der Waals surface area contributed by atoms with Crippen molar-refractivity contribution in [3.63, 3.8) is 0 Å². The minimum Gasteiger partial charge on any atom is -0.396 e. The second kappa shape index (κ2) is 3.64. The van der Waals surface area contributed by atoms with Crippen molar-refractivity contribution in [2.24, 2.45) is 0 Å². The molecule has 0 saturated carbocycles. The minimum atomic E-state index is 0.0261. The van der Waals surface area contributed by atoms with E-state index in [1.54, 1.807) is 0 Å². The van der Waals surface area contributed by atoms with E-state index >= 15 is 0 Å². The Labute approximate surface area is 81.9 Å². The van der Waals surface area contributed by atoms with Gasteiger partial charge in [0.1, 0.15) is 0 Å². The largest absolute Gasteiger partial charge is 0.396 e. The Morgan fingerprint density at radius 1 is 1.36 bits per heavy atom. The van der Waals surface area contributed by atoms with Gasteiger partial charge in [-0.25, -0.2) is 0 Å². The summed E-state index contributed by atoms with van der Waals surface area (Å²) in [7, 11) is 0. The number of aliphatic hydroxyl groups excluding tert-OH is 1. The number of rotatable bonds is 3. The zero-order chi connectivity index (χ0) is 9.97. The van der Waals surface area contributed by atoms with Gasteiger partial charge < -0.3 is 15.5 Å². The maximum Gasteiger partial charge on any atom is 0.0486 e. The molecule has 3 heteroatoms. The monoisotopic (exact) mass is 188 g/mol. The lowest BCUT2D eigenvalue weighted by molar-refractivity contribution is 0.307. The Morgan fingerprint density at radius 3 is 2.93 bits per heavy atom. The summed E-state index contributed by atoms with van der Waals surface area (Å²) in [5.41, 5.74) is 2.39. The molecule has 0 atom stereocenters. The van der Waals surface area contributed by atoms with Gasteiger partial charge in [-0.2, -0.15) is 0 Å². The molecule has 1 heterocycles. The highest BCUT2D eigenvalue weighted by Gasteiger charge is 2.06. The molecular weight excluding hydrogens is 176 g/mol. The average molecular weight is 188 g/mol. The lowest BCUT2D eigenvalue weighted by Gasteiger charge is -1.98. The van der Waals surface area contributed by atoms with Crippen LogP contribution < -0.4 is 0 Å². The molecule has 2 rings (SSSR count). The number of fused-ring (bicyclic) bond motifs is 1. The summed E-state index contributed by atoms with van der Waals surface area (Å²) < 4.78 is 0. The van der Waals surface area contributed by atoms with Gasteiger partial charge in [-0.15, -0.1) is 0 Å². The topological polar surface area (TPSA) is 59.9 Å². The van der Waals surface area contributed by atoms with Crippen LogP contribution in [0.1, 0.15) is 12.0 Å². The van der Waals surface area contributed by atoms with Crippen molar-refractivity contribution in [2.75, 3.05) is 6.61 Å². The van der Waals surface area contributed by atoms with Crippen molar-refractivity contribution >= 4 is 16.6 Å². The molecule has 0 aliphatic carbocycles. The van der Waals surface area contributed by atoms with E-state index < -0.39 is 0 Å². The number of hydrogen-bond acceptors (Lipinski definition) is 2. The fourth-order valence-corrected chi connectivity index (χ4v) is 1.57. The summed E-state index contributed by atoms with van der Waals surface area (Å²) in [4.78, 5) is 3.11. The van der Waals surface area contributed by atoms with Crippen LogP contribution >= 0.6 is 0 Å². The third kappa shape index (κ3) is 1.42. The summed E-state index contributed by atoms with van der Waals surface area (Å²) in [5.74, 6) is 0. The first-order chi connectivity index (χ1) is 6.83. The smallest absolute Gasteiger partial charge is 0.0486 e. The predicted molar refractivity (Wildman–Crippen MR) is 56.8 cm³/mol. The van der Waals surface area contributed by atoms with Crippen LogP contribution in [0.2, 0.25) is 0 Å². The van der Waals surface area contributed by atoms with Crippen LogP contribution in [0.3, 0.4) is 0 Å². The number of hydrogen-bond donors (Lipinski definition) is 3. The van der Waals surface area contributed by atoms with Crippen LogP contribution in [-0.2, 0) is 0 Å². The zero-order valence-electron chi connectivity index (χ0n) is 7.75. The number of H-pyrrole nitrogens is 1. The fraction of sp³-hybridized carbons (Fsp3) is 0.182. The molecule has 14 heavy (non-hydrogen) atoms. The molecule has 72 valence electrons. The van der Waals surface area contributed by atoms with E-state index in [1.807, 2.05) is 30.5 Å². The van der Waals surface area contributed by atoms with E-state index in [2.05, 4.69) is 4.98 Å². The molecule has 0 unspecified atom stereocenters. The lowest BCUT2D eigenvalue weighted by atomic mass is 10.1. The molecule has 0 radical (unpaired) electrons. The van der Waals surface area contributed by atoms with Crippen LogP contribution in [0, 0.1) is 5.41 Å². The second-order valence-electron chi connectivity index (χ2n) is 3.20. The first kappa shape index (κ1) is 8.97. The Kier molecular flexibility index (Phi) is 2.33. The molecule has 1 aromatic heterocycles. The van der Waals surface area contributed by atoms with E-state index in [0.717, 1.165) is 16.5 Å². The van der Waals surface area contributed by atoms with Crippen molar-refractivity contribution in [3.05, 3.63) is 36.0 Å². The number of aliphatic hydroxyl groups is 1. The summed E-state index contributed by atoms with van der Waals surface area (Å²) >= 11 is 0. The van der Waals surface area contributed by atoms with Crippen LogP contribution in [0.15, 0.2) is 30.5 Å². The quantitative estimate of drug-likeness (QED) is 0.633. The molecule has 3 nitrogen and oxygen atoms in total. The van der Waals surface area contributed by atoms with Gasteiger partial charge in [-0.1, -0.05) is 18.2 Å². The highest BCUT2D eigenvalue weighted by Crippen LogP contribution is 2.18. The van der Waals surface area contributed by atoms with Crippen LogP contribution in [0.25, 0.3) is 10.9 Å². The van der Waals surface area contributed by atoms with Gasteiger partial charge in [0.25, 0.3) is 0 Å². The lowest BCUT2D eigenvalue weighted by Crippen LogP contribution is -2.00. The molecule has 0 aliphatic rings. The van der Waals surface area contributed by atoms with Crippen molar-refractivity contribution in [2.45, 2.75) is 6.42 Å². The third-order valence-electron chi connectivity index (χ3n) is 2.28. The van der Waals surface area contributed by atoms with E-state index in [0.29, 0.717) is 12.1 Å². The standard InChI is InChI=1S/C11H12N2O/c12-10(5-6-14)9-7-13-11-4-2-1-3-8(9)11/h1-4,7,12-14H,5-6H2. The first-order valence-electron chi connectivity index (χ1n) is 4.57. The number of nitrogens with one attached hydrogen (secondary N) is 2. The Bertz CT molecular complexity index is 459. The van der Waals surface area contributed by atoms with Gasteiger partial charge in [0.2, 0.25) is 0 Å². The maximum atomic E-state index is 8.76. The second-order valence-corrected chi connectivity index (χ2v) is 3.20. The summed E-state index contributed by atoms with van der Waals surface area (Å²) in [6.45, 7) is 0.0261. The van der Waals surface area contributed by atoms with Gasteiger partial charge >= 0.3 is 0 Å². The van der Waals surface area contributed by atoms with E-state index in [4.69, 9.17) is 10.5 Å². The Hall–Kier alpha value is -1.61. The SMILES string of the molecule is N=C(CCO)c1c[nH]c2ccccc12. The minimum absolute atomic E-state index is 0.0261. The van der Waals surface area contributed by atoms with Crippen molar-refractivity contribution < 1.29 is 5.11 Å². The first-order valence-corrected chi connectivity index (χ1v) is 4.57. The van der Waals surface area contributed by atoms with Crippen LogP contribution in [0.5, 0.6) is 0 Å². The van der Waals surface area contributed by atoms with Gasteiger partial charge in [-0.3, -0.25) is 0 Å². The number of benzene rings is 1. The predicted octanol–water partition coefficient (Wildman–Crippen LogP) is 1.92. The normalized spacial score (nSPS) is 10.6. The molecule has 3 N–H and O–H groups in total. The zero-order valence-corrected chi connectivity index (χ0v) is 7.75. The Morgan fingerprint density at radius 2 is 2.14 bits per heavy atom. The summed E-state index contributed by atoms with van der Waals surface area (Å²) in [6, 6.07) is 7.86. The highest BCUT2D eigenvalue weighted by molar-refractivity contribution is 6.09. The van der Waals surface area contributed by atoms with E-state index in [9.17, 15) is 0 Å². The molecule has 0 saturated heterocycles. The third-order valence-corrected chi connectivity index (χ3v) is 2.28. The number of aromatic amines is 1. The van der Waals surface area contributed by atoms with E-state index in [1.165, 1.54) is 0 Å². The molecular formula is C11H12N2O. The summed E-state index contributed by atoms with van der Waals surface area (Å²) in [6.07, 6.45) is 2.23. The van der Waals surface area contributed by atoms with Crippen LogP contribution in [-0.4, -0.2) is 22.4 Å². The van der Waals surface area contributed by atoms with E-state index in [-0.39, 0.29) is 6.61 Å². The molecule has 0 bridgehead atoms. The number of para-hydroxylation sites is 1. The molecule has 2 aromatic rings. The van der Waals surface area contributed by atoms with Crippen molar-refractivity contribution in [3.8, 4) is 0 Å². The number of aromatic nitrogens is 1. The van der Waals surface area contributed by atoms with Crippen molar-refractivity contribution in [1.82, 2.24) is 4.98 Å². The average Bonchev–Trinajstić information content (AvgIpc) is 2.61. The molecule has 0 fully saturated rings. The molecule has 0 spiro atoms. The maximum absolute atomic E-state index is 8.76. The molecule has 0 amide bonds. The Balaban J connectivity index is 2.47. The van der Waals surface area contributed by atoms with Gasteiger partial charge in [0.15, 0.2) is 0 Å². The molecule has 1 aromatic carbocycles. The van der Waals surface area contributed by atoms with Gasteiger partial charge in [0, 0.05) is 41.4 Å². The summed E-state index contributed by atoms with van der Waals surface area (Å²) in [5, 5.41) is 17.6. The van der Waals surface area contributed by atoms with Crippen molar-refractivity contribution in [1.29, 1.82) is 5.41 Å². The van der Waals surface area contributed by atoms with Gasteiger partial charge in [0.05, 0.1) is 0 Å². The fourth-order valence-electron chi connectivity index (χ4n) is 1.57. The van der Waals surface area contributed by atoms with Gasteiger partial charge in [-0.05, 0) is 6.07 Å². The molecule has 0 aliphatic heterocycles. The van der Waals surface area contributed by atoms with Crippen LogP contribution in [0.4, 0.5) is 0 Å².